The summed E-state index contributed by atoms with van der Waals surface area (Å²) in [5, 5.41) is 27.1. The summed E-state index contributed by atoms with van der Waals surface area (Å²) in [6, 6.07) is 13.3. The van der Waals surface area contributed by atoms with Crippen molar-refractivity contribution in [1.29, 1.82) is 0 Å². The zero-order valence-electron chi connectivity index (χ0n) is 17.9. The molecule has 31 heavy (non-hydrogen) atoms. The van der Waals surface area contributed by atoms with Gasteiger partial charge in [0.15, 0.2) is 5.75 Å². The molecule has 0 aliphatic carbocycles. The van der Waals surface area contributed by atoms with Crippen molar-refractivity contribution in [2.24, 2.45) is 5.92 Å². The first-order chi connectivity index (χ1) is 15.0. The summed E-state index contributed by atoms with van der Waals surface area (Å²) in [5.41, 5.74) is 0.506. The molecular formula is C24H31ClN2O4. The van der Waals surface area contributed by atoms with Crippen molar-refractivity contribution < 1.29 is 19.7 Å². The van der Waals surface area contributed by atoms with E-state index in [1.54, 1.807) is 6.07 Å². The van der Waals surface area contributed by atoms with Crippen LogP contribution in [-0.4, -0.2) is 35.9 Å². The van der Waals surface area contributed by atoms with Gasteiger partial charge in [0, 0.05) is 24.6 Å². The molecule has 2 aromatic carbocycles. The number of hydrogen-bond donors (Lipinski definition) is 4. The first-order valence-corrected chi connectivity index (χ1v) is 11.3. The highest BCUT2D eigenvalue weighted by atomic mass is 35.5. The van der Waals surface area contributed by atoms with Gasteiger partial charge in [-0.05, 0) is 56.3 Å². The topological polar surface area (TPSA) is 90.8 Å². The molecule has 4 N–H and O–H groups in total. The lowest BCUT2D eigenvalue weighted by Crippen LogP contribution is -2.45. The molecule has 7 heteroatoms. The first kappa shape index (κ1) is 23.4. The maximum Gasteiger partial charge on any atom is 0.404 e. The summed E-state index contributed by atoms with van der Waals surface area (Å²) in [7, 11) is 0. The van der Waals surface area contributed by atoms with Gasteiger partial charge in [0.25, 0.3) is 0 Å². The predicted octanol–water partition coefficient (Wildman–Crippen LogP) is 4.93. The molecule has 0 bridgehead atoms. The van der Waals surface area contributed by atoms with Crippen molar-refractivity contribution in [2.45, 2.75) is 44.6 Å². The highest BCUT2D eigenvalue weighted by molar-refractivity contribution is 6.32. The highest BCUT2D eigenvalue weighted by Crippen LogP contribution is 2.46. The molecular weight excluding hydrogens is 416 g/mol. The fraction of sp³-hybridized carbons (Fsp3) is 0.458. The van der Waals surface area contributed by atoms with Gasteiger partial charge in [0.05, 0.1) is 10.6 Å². The van der Waals surface area contributed by atoms with E-state index in [2.05, 4.69) is 17.6 Å². The van der Waals surface area contributed by atoms with Crippen LogP contribution in [0.2, 0.25) is 5.02 Å². The predicted molar refractivity (Wildman–Crippen MR) is 122 cm³/mol. The van der Waals surface area contributed by atoms with Crippen LogP contribution in [0.15, 0.2) is 42.5 Å². The van der Waals surface area contributed by atoms with Crippen molar-refractivity contribution in [3.05, 3.63) is 58.6 Å². The Kier molecular flexibility index (Phi) is 8.18. The molecule has 0 saturated carbocycles. The lowest BCUT2D eigenvalue weighted by Gasteiger charge is -2.40. The van der Waals surface area contributed by atoms with E-state index in [-0.39, 0.29) is 12.5 Å². The lowest BCUT2D eigenvalue weighted by molar-refractivity contribution is -0.0433. The van der Waals surface area contributed by atoms with Gasteiger partial charge in [-0.15, -0.1) is 0 Å². The zero-order chi connectivity index (χ0) is 22.3. The second kappa shape index (κ2) is 10.8. The van der Waals surface area contributed by atoms with Gasteiger partial charge in [0.1, 0.15) is 5.75 Å². The highest BCUT2D eigenvalue weighted by Gasteiger charge is 2.41. The number of aryl methyl sites for hydroxylation is 1. The molecule has 2 aromatic rings. The van der Waals surface area contributed by atoms with Gasteiger partial charge in [-0.1, -0.05) is 48.9 Å². The second-order valence-corrected chi connectivity index (χ2v) is 8.39. The summed E-state index contributed by atoms with van der Waals surface area (Å²) in [5.74, 6) is 1.15. The zero-order valence-corrected chi connectivity index (χ0v) is 18.6. The second-order valence-electron chi connectivity index (χ2n) is 7.98. The number of carboxylic acid groups (broad SMARTS) is 1. The van der Waals surface area contributed by atoms with Crippen LogP contribution < -0.4 is 15.4 Å². The number of nitrogens with one attached hydrogen (secondary N) is 2. The normalized spacial score (nSPS) is 18.2. The monoisotopic (exact) mass is 446 g/mol. The number of ether oxygens (including phenoxy) is 1. The molecule has 1 saturated heterocycles. The molecule has 1 aliphatic rings. The van der Waals surface area contributed by atoms with Gasteiger partial charge in [0.2, 0.25) is 0 Å². The Labute approximate surface area is 188 Å². The Balaban J connectivity index is 1.97. The Morgan fingerprint density at radius 1 is 1.29 bits per heavy atom. The number of hydrogen-bond acceptors (Lipinski definition) is 4. The van der Waals surface area contributed by atoms with Crippen LogP contribution in [0, 0.1) is 5.92 Å². The van der Waals surface area contributed by atoms with E-state index >= 15 is 0 Å². The third kappa shape index (κ3) is 5.70. The van der Waals surface area contributed by atoms with Crippen LogP contribution >= 0.6 is 11.6 Å². The third-order valence-corrected chi connectivity index (χ3v) is 6.28. The molecule has 2 atom stereocenters. The molecule has 2 unspecified atom stereocenters. The molecule has 1 heterocycles. The Bertz CT molecular complexity index is 886. The van der Waals surface area contributed by atoms with E-state index in [4.69, 9.17) is 21.4 Å². The van der Waals surface area contributed by atoms with Crippen LogP contribution in [-0.2, 0) is 12.0 Å². The summed E-state index contributed by atoms with van der Waals surface area (Å²) in [6.07, 6.45) is 2.48. The van der Waals surface area contributed by atoms with Crippen LogP contribution in [0.3, 0.4) is 0 Å². The molecule has 6 nitrogen and oxygen atoms in total. The van der Waals surface area contributed by atoms with Crippen molar-refractivity contribution in [3.63, 3.8) is 0 Å². The Morgan fingerprint density at radius 3 is 2.81 bits per heavy atom. The largest absolute Gasteiger partial charge is 0.465 e. The Hall–Kier alpha value is -2.28. The number of rotatable bonds is 9. The number of aliphatic hydroxyl groups is 1. The summed E-state index contributed by atoms with van der Waals surface area (Å²) in [4.78, 5) is 10.8. The fourth-order valence-corrected chi connectivity index (χ4v) is 4.54. The van der Waals surface area contributed by atoms with Crippen LogP contribution in [0.25, 0.3) is 0 Å². The first-order valence-electron chi connectivity index (χ1n) is 10.9. The van der Waals surface area contributed by atoms with E-state index in [1.165, 1.54) is 0 Å². The number of benzene rings is 2. The summed E-state index contributed by atoms with van der Waals surface area (Å²) in [6.45, 7) is 3.94. The number of carbonyl (C=O) groups is 1. The SMILES string of the molecule is CCc1ccccc1Oc1c(Cl)cccc1C(O)(CCCNC(=O)O)C1CCCNC1. The number of halogens is 1. The molecule has 1 aliphatic heterocycles. The summed E-state index contributed by atoms with van der Waals surface area (Å²) < 4.78 is 6.32. The minimum absolute atomic E-state index is 0.0340. The van der Waals surface area contributed by atoms with Gasteiger partial charge in [-0.2, -0.15) is 0 Å². The van der Waals surface area contributed by atoms with Crippen LogP contribution in [0.4, 0.5) is 4.79 Å². The smallest absolute Gasteiger partial charge is 0.404 e. The van der Waals surface area contributed by atoms with Crippen LogP contribution in [0.5, 0.6) is 11.5 Å². The van der Waals surface area contributed by atoms with E-state index in [9.17, 15) is 9.90 Å². The maximum absolute atomic E-state index is 12.0. The molecule has 0 radical (unpaired) electrons. The lowest BCUT2D eigenvalue weighted by atomic mass is 9.74. The number of para-hydroxylation sites is 2. The molecule has 0 aromatic heterocycles. The molecule has 0 spiro atoms. The maximum atomic E-state index is 12.0. The molecule has 1 amide bonds. The standard InChI is InChI=1S/C24H31ClN2O4/c1-2-17-8-3-4-12-21(17)31-22-19(10-5-11-20(22)25)24(30,13-7-15-27-23(28)29)18-9-6-14-26-16-18/h3-5,8,10-12,18,26-27,30H,2,6-7,9,13-16H2,1H3,(H,28,29). The average Bonchev–Trinajstić information content (AvgIpc) is 2.78. The van der Waals surface area contributed by atoms with Crippen molar-refractivity contribution in [1.82, 2.24) is 10.6 Å². The Morgan fingerprint density at radius 2 is 2.10 bits per heavy atom. The third-order valence-electron chi connectivity index (χ3n) is 5.98. The minimum Gasteiger partial charge on any atom is -0.465 e. The van der Waals surface area contributed by atoms with E-state index in [1.807, 2.05) is 36.4 Å². The van der Waals surface area contributed by atoms with E-state index in [0.29, 0.717) is 35.7 Å². The van der Waals surface area contributed by atoms with Gasteiger partial charge in [-0.3, -0.25) is 0 Å². The van der Waals surface area contributed by atoms with Crippen molar-refractivity contribution in [3.8, 4) is 11.5 Å². The van der Waals surface area contributed by atoms with Gasteiger partial charge < -0.3 is 25.6 Å². The minimum atomic E-state index is -1.20. The van der Waals surface area contributed by atoms with Crippen LogP contribution in [0.1, 0.15) is 43.7 Å². The molecule has 1 fully saturated rings. The number of piperidine rings is 1. The molecule has 168 valence electrons. The molecule has 3 rings (SSSR count). The van der Waals surface area contributed by atoms with E-state index in [0.717, 1.165) is 37.1 Å². The van der Waals surface area contributed by atoms with E-state index < -0.39 is 11.7 Å². The quantitative estimate of drug-likeness (QED) is 0.410. The van der Waals surface area contributed by atoms with Gasteiger partial charge in [-0.25, -0.2) is 4.79 Å². The van der Waals surface area contributed by atoms with Gasteiger partial charge >= 0.3 is 6.09 Å². The van der Waals surface area contributed by atoms with Crippen molar-refractivity contribution in [2.75, 3.05) is 19.6 Å². The average molecular weight is 447 g/mol. The fourth-order valence-electron chi connectivity index (χ4n) is 4.33. The number of amides is 1. The van der Waals surface area contributed by atoms with Crippen molar-refractivity contribution >= 4 is 17.7 Å². The summed E-state index contributed by atoms with van der Waals surface area (Å²) >= 11 is 6.58.